The van der Waals surface area contributed by atoms with Crippen molar-refractivity contribution >= 4 is 5.69 Å². The highest BCUT2D eigenvalue weighted by Gasteiger charge is 2.11. The second-order valence-electron chi connectivity index (χ2n) is 4.52. The van der Waals surface area contributed by atoms with Crippen molar-refractivity contribution in [3.63, 3.8) is 0 Å². The lowest BCUT2D eigenvalue weighted by Gasteiger charge is -2.10. The topological polar surface area (TPSA) is 67.6 Å². The quantitative estimate of drug-likeness (QED) is 0.732. The van der Waals surface area contributed by atoms with Crippen LogP contribution in [-0.2, 0) is 0 Å². The Morgan fingerprint density at radius 1 is 1.14 bits per heavy atom. The normalized spacial score (nSPS) is 10.3. The summed E-state index contributed by atoms with van der Waals surface area (Å²) in [7, 11) is 0. The van der Waals surface area contributed by atoms with Crippen molar-refractivity contribution < 1.29 is 4.39 Å². The van der Waals surface area contributed by atoms with Gasteiger partial charge in [-0.05, 0) is 42.5 Å². The Labute approximate surface area is 120 Å². The van der Waals surface area contributed by atoms with E-state index < -0.39 is 5.82 Å². The summed E-state index contributed by atoms with van der Waals surface area (Å²) in [6.45, 7) is 0. The number of hydrogen-bond donors (Lipinski definition) is 1. The summed E-state index contributed by atoms with van der Waals surface area (Å²) in [4.78, 5) is 4.31. The number of nitrogens with zero attached hydrogens (tertiary/aromatic N) is 3. The minimum absolute atomic E-state index is 0.254. The van der Waals surface area contributed by atoms with Crippen molar-refractivity contribution in [1.82, 2.24) is 9.55 Å². The minimum Gasteiger partial charge on any atom is -0.399 e. The lowest BCUT2D eigenvalue weighted by Crippen LogP contribution is -2.00. The van der Waals surface area contributed by atoms with E-state index in [0.717, 1.165) is 5.56 Å². The summed E-state index contributed by atoms with van der Waals surface area (Å²) >= 11 is 0. The highest BCUT2D eigenvalue weighted by Crippen LogP contribution is 2.24. The molecule has 0 aliphatic rings. The zero-order chi connectivity index (χ0) is 14.8. The number of aromatic nitrogens is 2. The van der Waals surface area contributed by atoms with Crippen LogP contribution in [0.2, 0.25) is 0 Å². The minimum atomic E-state index is -0.440. The van der Waals surface area contributed by atoms with Gasteiger partial charge in [0.1, 0.15) is 17.7 Å². The lowest BCUT2D eigenvalue weighted by atomic mass is 10.1. The van der Waals surface area contributed by atoms with Gasteiger partial charge in [0.15, 0.2) is 0 Å². The summed E-state index contributed by atoms with van der Waals surface area (Å²) in [6, 6.07) is 13.4. The fourth-order valence-corrected chi connectivity index (χ4v) is 2.15. The van der Waals surface area contributed by atoms with Gasteiger partial charge in [0.25, 0.3) is 0 Å². The van der Waals surface area contributed by atoms with Gasteiger partial charge in [-0.15, -0.1) is 0 Å². The predicted molar refractivity (Wildman–Crippen MR) is 78.1 cm³/mol. The molecule has 0 unspecified atom stereocenters. The zero-order valence-corrected chi connectivity index (χ0v) is 11.0. The molecule has 1 aromatic heterocycles. The maximum Gasteiger partial charge on any atom is 0.144 e. The van der Waals surface area contributed by atoms with Crippen molar-refractivity contribution in [2.24, 2.45) is 0 Å². The first-order chi connectivity index (χ1) is 10.2. The molecule has 3 rings (SSSR count). The van der Waals surface area contributed by atoms with E-state index in [9.17, 15) is 9.65 Å². The summed E-state index contributed by atoms with van der Waals surface area (Å²) in [5.41, 5.74) is 8.05. The van der Waals surface area contributed by atoms with Crippen LogP contribution in [0.15, 0.2) is 54.9 Å². The van der Waals surface area contributed by atoms with Crippen LogP contribution in [0.5, 0.6) is 0 Å². The standard InChI is InChI=1S/C16H11FN4/c17-13-3-6-15(12(9-13)10-18)21-8-7-20-16(21)11-1-4-14(19)5-2-11/h1-9H,19H2. The van der Waals surface area contributed by atoms with Crippen molar-refractivity contribution in [2.75, 3.05) is 5.73 Å². The Bertz CT molecular complexity index is 828. The van der Waals surface area contributed by atoms with Crippen molar-refractivity contribution in [3.05, 3.63) is 66.2 Å². The predicted octanol–water partition coefficient (Wildman–Crippen LogP) is 3.13. The van der Waals surface area contributed by atoms with E-state index in [1.807, 2.05) is 18.2 Å². The van der Waals surface area contributed by atoms with Crippen LogP contribution in [0.25, 0.3) is 17.1 Å². The first-order valence-corrected chi connectivity index (χ1v) is 6.28. The van der Waals surface area contributed by atoms with E-state index in [0.29, 0.717) is 17.2 Å². The van der Waals surface area contributed by atoms with Gasteiger partial charge in [0, 0.05) is 23.6 Å². The third-order valence-electron chi connectivity index (χ3n) is 3.15. The molecule has 0 saturated heterocycles. The van der Waals surface area contributed by atoms with E-state index in [1.54, 1.807) is 35.2 Å². The first kappa shape index (κ1) is 12.9. The SMILES string of the molecule is N#Cc1cc(F)ccc1-n1ccnc1-c1ccc(N)cc1. The fourth-order valence-electron chi connectivity index (χ4n) is 2.15. The number of nitrogen functional groups attached to an aromatic ring is 1. The largest absolute Gasteiger partial charge is 0.399 e. The van der Waals surface area contributed by atoms with Crippen LogP contribution in [0.3, 0.4) is 0 Å². The van der Waals surface area contributed by atoms with E-state index in [1.165, 1.54) is 12.1 Å². The van der Waals surface area contributed by atoms with Gasteiger partial charge < -0.3 is 5.73 Å². The molecule has 3 aromatic rings. The first-order valence-electron chi connectivity index (χ1n) is 6.28. The number of hydrogen-bond acceptors (Lipinski definition) is 3. The van der Waals surface area contributed by atoms with Gasteiger partial charge in [0.05, 0.1) is 11.3 Å². The Kier molecular flexibility index (Phi) is 3.13. The van der Waals surface area contributed by atoms with Gasteiger partial charge >= 0.3 is 0 Å². The van der Waals surface area contributed by atoms with Crippen molar-refractivity contribution in [1.29, 1.82) is 5.26 Å². The molecule has 1 heterocycles. The summed E-state index contributed by atoms with van der Waals surface area (Å²) < 4.78 is 15.0. The van der Waals surface area contributed by atoms with Crippen LogP contribution in [0.1, 0.15) is 5.56 Å². The number of nitriles is 1. The third-order valence-corrected chi connectivity index (χ3v) is 3.15. The fraction of sp³-hybridized carbons (Fsp3) is 0. The molecule has 5 heteroatoms. The zero-order valence-electron chi connectivity index (χ0n) is 11.0. The number of rotatable bonds is 2. The summed E-state index contributed by atoms with van der Waals surface area (Å²) in [6.07, 6.45) is 3.37. The van der Waals surface area contributed by atoms with Crippen LogP contribution >= 0.6 is 0 Å². The summed E-state index contributed by atoms with van der Waals surface area (Å²) in [5.74, 6) is 0.225. The van der Waals surface area contributed by atoms with Gasteiger partial charge in [-0.2, -0.15) is 5.26 Å². The van der Waals surface area contributed by atoms with Gasteiger partial charge in [0.2, 0.25) is 0 Å². The maximum atomic E-state index is 13.3. The molecule has 21 heavy (non-hydrogen) atoms. The van der Waals surface area contributed by atoms with Crippen LogP contribution in [0, 0.1) is 17.1 Å². The number of halogens is 1. The van der Waals surface area contributed by atoms with Crippen LogP contribution in [-0.4, -0.2) is 9.55 Å². The molecule has 0 aliphatic carbocycles. The smallest absolute Gasteiger partial charge is 0.144 e. The molecule has 102 valence electrons. The molecule has 0 radical (unpaired) electrons. The van der Waals surface area contributed by atoms with E-state index in [-0.39, 0.29) is 5.56 Å². The van der Waals surface area contributed by atoms with E-state index in [4.69, 9.17) is 5.73 Å². The molecule has 0 atom stereocenters. The van der Waals surface area contributed by atoms with Crippen LogP contribution in [0.4, 0.5) is 10.1 Å². The van der Waals surface area contributed by atoms with E-state index >= 15 is 0 Å². The van der Waals surface area contributed by atoms with Crippen LogP contribution < -0.4 is 5.73 Å². The second-order valence-corrected chi connectivity index (χ2v) is 4.52. The average Bonchev–Trinajstić information content (AvgIpc) is 2.97. The Hall–Kier alpha value is -3.13. The maximum absolute atomic E-state index is 13.3. The molecule has 0 bridgehead atoms. The number of anilines is 1. The molecule has 0 saturated carbocycles. The highest BCUT2D eigenvalue weighted by molar-refractivity contribution is 5.63. The molecule has 2 N–H and O–H groups in total. The number of imidazole rings is 1. The van der Waals surface area contributed by atoms with Gasteiger partial charge in [-0.25, -0.2) is 9.37 Å². The second kappa shape index (κ2) is 5.10. The molecular weight excluding hydrogens is 267 g/mol. The van der Waals surface area contributed by atoms with Gasteiger partial charge in [-0.1, -0.05) is 0 Å². The Morgan fingerprint density at radius 3 is 2.62 bits per heavy atom. The number of nitrogens with two attached hydrogens (primary N) is 1. The molecule has 0 aliphatic heterocycles. The Balaban J connectivity index is 2.16. The van der Waals surface area contributed by atoms with Gasteiger partial charge in [-0.3, -0.25) is 4.57 Å². The highest BCUT2D eigenvalue weighted by atomic mass is 19.1. The summed E-state index contributed by atoms with van der Waals surface area (Å²) in [5, 5.41) is 9.17. The lowest BCUT2D eigenvalue weighted by molar-refractivity contribution is 0.627. The molecule has 0 amide bonds. The van der Waals surface area contributed by atoms with Crippen molar-refractivity contribution in [2.45, 2.75) is 0 Å². The average molecular weight is 278 g/mol. The molecule has 2 aromatic carbocycles. The molecule has 4 nitrogen and oxygen atoms in total. The Morgan fingerprint density at radius 2 is 1.90 bits per heavy atom. The van der Waals surface area contributed by atoms with Crippen molar-refractivity contribution in [3.8, 4) is 23.1 Å². The number of benzene rings is 2. The molecular formula is C16H11FN4. The third kappa shape index (κ3) is 2.35. The molecule has 0 fully saturated rings. The monoisotopic (exact) mass is 278 g/mol. The molecule has 0 spiro atoms. The van der Waals surface area contributed by atoms with E-state index in [2.05, 4.69) is 4.98 Å².